The van der Waals surface area contributed by atoms with E-state index in [-0.39, 0.29) is 6.04 Å². The quantitative estimate of drug-likeness (QED) is 0.631. The molecule has 0 unspecified atom stereocenters. The Labute approximate surface area is 166 Å². The van der Waals surface area contributed by atoms with Gasteiger partial charge in [-0.3, -0.25) is 4.99 Å². The maximum Gasteiger partial charge on any atom is 0.176 e. The van der Waals surface area contributed by atoms with Crippen LogP contribution in [0.5, 0.6) is 5.75 Å². The Morgan fingerprint density at radius 3 is 2.79 bits per heavy atom. The average Bonchev–Trinajstić information content (AvgIpc) is 2.98. The second-order valence-corrected chi connectivity index (χ2v) is 6.93. The molecule has 3 N–H and O–H groups in total. The molecule has 0 bridgehead atoms. The minimum atomic E-state index is 0.115. The summed E-state index contributed by atoms with van der Waals surface area (Å²) < 4.78 is 8.10. The molecule has 1 aromatic heterocycles. The number of benzene rings is 1. The maximum absolute atomic E-state index is 6.00. The number of amidine groups is 1. The molecule has 0 spiro atoms. The third kappa shape index (κ3) is 4.09. The lowest BCUT2D eigenvalue weighted by atomic mass is 9.92. The highest BCUT2D eigenvalue weighted by molar-refractivity contribution is 6.01. The first-order valence-corrected chi connectivity index (χ1v) is 10.0. The van der Waals surface area contributed by atoms with E-state index in [1.807, 2.05) is 33.9 Å². The van der Waals surface area contributed by atoms with Crippen LogP contribution in [0.2, 0.25) is 0 Å². The molecule has 150 valence electrons. The number of aromatic nitrogens is 2. The number of fused-ring (bicyclic) bond motifs is 3. The zero-order valence-corrected chi connectivity index (χ0v) is 17.1. The van der Waals surface area contributed by atoms with E-state index in [0.717, 1.165) is 42.5 Å². The molecule has 7 nitrogen and oxygen atoms in total. The molecule has 2 aromatic rings. The summed E-state index contributed by atoms with van der Waals surface area (Å²) in [7, 11) is 0. The smallest absolute Gasteiger partial charge is 0.176 e. The standard InChI is InChI=1S/C19H24N6O.C2H6/c1-12(2)23-18(22-11-20)16-10-25-5-6-26-17-7-13(14-8-21-9-14)3-4-15(17)19(25)24-16;1-2/h3-4,7,10-12,14,21H,5-6,8-9H2,1-2H3,(H2,20,22,23);1-2H3. The van der Waals surface area contributed by atoms with Crippen LogP contribution >= 0.6 is 0 Å². The Balaban J connectivity index is 0.00000109. The van der Waals surface area contributed by atoms with Crippen molar-refractivity contribution >= 4 is 12.2 Å². The fraction of sp³-hybridized carbons (Fsp3) is 0.476. The number of hydrogen-bond acceptors (Lipinski definition) is 4. The number of nitrogens with zero attached hydrogens (tertiary/aromatic N) is 4. The molecule has 1 saturated heterocycles. The molecule has 4 rings (SSSR count). The van der Waals surface area contributed by atoms with Gasteiger partial charge in [0, 0.05) is 31.2 Å². The topological polar surface area (TPSA) is 89.8 Å². The predicted octanol–water partition coefficient (Wildman–Crippen LogP) is 2.80. The first-order chi connectivity index (χ1) is 13.7. The maximum atomic E-state index is 6.00. The minimum absolute atomic E-state index is 0.115. The second-order valence-electron chi connectivity index (χ2n) is 6.93. The predicted molar refractivity (Wildman–Crippen MR) is 114 cm³/mol. The second kappa shape index (κ2) is 9.01. The molecule has 0 aliphatic carbocycles. The Hall–Kier alpha value is -2.67. The lowest BCUT2D eigenvalue weighted by Crippen LogP contribution is -2.39. The highest BCUT2D eigenvalue weighted by Gasteiger charge is 2.24. The molecule has 0 radical (unpaired) electrons. The van der Waals surface area contributed by atoms with Crippen LogP contribution in [0.3, 0.4) is 0 Å². The normalized spacial score (nSPS) is 16.5. The van der Waals surface area contributed by atoms with Crippen molar-refractivity contribution in [3.05, 3.63) is 35.7 Å². The summed E-state index contributed by atoms with van der Waals surface area (Å²) >= 11 is 0. The number of hydrogen-bond donors (Lipinski definition) is 2. The molecule has 3 heterocycles. The first kappa shape index (κ1) is 20.1. The van der Waals surface area contributed by atoms with E-state index in [4.69, 9.17) is 15.5 Å². The zero-order valence-electron chi connectivity index (χ0n) is 17.1. The molecule has 0 saturated carbocycles. The molecule has 1 fully saturated rings. The van der Waals surface area contributed by atoms with Crippen LogP contribution in [0.25, 0.3) is 11.4 Å². The Morgan fingerprint density at radius 1 is 1.36 bits per heavy atom. The highest BCUT2D eigenvalue weighted by Crippen LogP contribution is 2.35. The van der Waals surface area contributed by atoms with E-state index in [1.54, 1.807) is 0 Å². The van der Waals surface area contributed by atoms with E-state index in [0.29, 0.717) is 18.4 Å². The van der Waals surface area contributed by atoms with Crippen LogP contribution in [0.1, 0.15) is 44.9 Å². The van der Waals surface area contributed by atoms with Crippen molar-refractivity contribution in [2.45, 2.75) is 46.2 Å². The van der Waals surface area contributed by atoms with Crippen molar-refractivity contribution in [3.8, 4) is 17.1 Å². The van der Waals surface area contributed by atoms with Crippen LogP contribution < -0.4 is 15.8 Å². The van der Waals surface area contributed by atoms with Gasteiger partial charge in [-0.05, 0) is 31.5 Å². The van der Waals surface area contributed by atoms with Gasteiger partial charge < -0.3 is 20.4 Å². The van der Waals surface area contributed by atoms with Gasteiger partial charge in [-0.15, -0.1) is 0 Å². The summed E-state index contributed by atoms with van der Waals surface area (Å²) in [6.07, 6.45) is 3.24. The molecule has 1 aromatic carbocycles. The number of ether oxygens (including phenoxy) is 1. The van der Waals surface area contributed by atoms with Gasteiger partial charge in [-0.1, -0.05) is 19.9 Å². The van der Waals surface area contributed by atoms with Gasteiger partial charge in [-0.25, -0.2) is 9.98 Å². The van der Waals surface area contributed by atoms with Crippen LogP contribution in [0.4, 0.5) is 0 Å². The van der Waals surface area contributed by atoms with E-state index >= 15 is 0 Å². The monoisotopic (exact) mass is 382 g/mol. The first-order valence-electron chi connectivity index (χ1n) is 10.0. The molecular formula is C21H30N6O. The van der Waals surface area contributed by atoms with Crippen LogP contribution in [0.15, 0.2) is 34.4 Å². The zero-order chi connectivity index (χ0) is 20.1. The van der Waals surface area contributed by atoms with Crippen molar-refractivity contribution in [2.24, 2.45) is 15.7 Å². The van der Waals surface area contributed by atoms with Gasteiger partial charge in [-0.2, -0.15) is 0 Å². The van der Waals surface area contributed by atoms with E-state index in [9.17, 15) is 0 Å². The van der Waals surface area contributed by atoms with Gasteiger partial charge in [0.25, 0.3) is 0 Å². The fourth-order valence-corrected chi connectivity index (χ4v) is 3.27. The molecule has 7 heteroatoms. The summed E-state index contributed by atoms with van der Waals surface area (Å²) in [6.45, 7) is 11.4. The largest absolute Gasteiger partial charge is 0.491 e. The van der Waals surface area contributed by atoms with E-state index in [2.05, 4.69) is 38.1 Å². The fourth-order valence-electron chi connectivity index (χ4n) is 3.27. The summed E-state index contributed by atoms with van der Waals surface area (Å²) in [4.78, 5) is 13.5. The molecule has 0 amide bonds. The van der Waals surface area contributed by atoms with Crippen molar-refractivity contribution in [3.63, 3.8) is 0 Å². The van der Waals surface area contributed by atoms with Crippen LogP contribution in [-0.2, 0) is 6.54 Å². The van der Waals surface area contributed by atoms with Gasteiger partial charge in [0.2, 0.25) is 0 Å². The van der Waals surface area contributed by atoms with Gasteiger partial charge in [0.05, 0.1) is 18.4 Å². The van der Waals surface area contributed by atoms with Crippen LogP contribution in [0, 0.1) is 0 Å². The number of aliphatic imine (C=N–C) groups is 2. The van der Waals surface area contributed by atoms with Gasteiger partial charge in [0.1, 0.15) is 23.9 Å². The number of imidazole rings is 1. The third-order valence-corrected chi connectivity index (χ3v) is 4.67. The van der Waals surface area contributed by atoms with Crippen molar-refractivity contribution in [2.75, 3.05) is 19.7 Å². The summed E-state index contributed by atoms with van der Waals surface area (Å²) in [5.74, 6) is 2.92. The van der Waals surface area contributed by atoms with E-state index in [1.165, 1.54) is 11.9 Å². The summed E-state index contributed by atoms with van der Waals surface area (Å²) in [5, 5.41) is 3.32. The summed E-state index contributed by atoms with van der Waals surface area (Å²) in [6, 6.07) is 6.57. The van der Waals surface area contributed by atoms with Crippen molar-refractivity contribution in [1.29, 1.82) is 0 Å². The van der Waals surface area contributed by atoms with Crippen molar-refractivity contribution in [1.82, 2.24) is 14.9 Å². The Morgan fingerprint density at radius 2 is 2.14 bits per heavy atom. The highest BCUT2D eigenvalue weighted by atomic mass is 16.5. The third-order valence-electron chi connectivity index (χ3n) is 4.67. The van der Waals surface area contributed by atoms with Gasteiger partial charge >= 0.3 is 0 Å². The molecule has 2 aliphatic heterocycles. The molecule has 28 heavy (non-hydrogen) atoms. The average molecular weight is 383 g/mol. The lowest BCUT2D eigenvalue weighted by Gasteiger charge is -2.28. The van der Waals surface area contributed by atoms with Crippen LogP contribution in [-0.4, -0.2) is 47.5 Å². The number of rotatable bonds is 3. The number of nitrogens with two attached hydrogens (primary N) is 1. The SMILES string of the molecule is CC.CC(C)N=C(N=CN)c1cn2c(n1)-c1ccc(C3CNC3)cc1OCC2. The van der Waals surface area contributed by atoms with Crippen molar-refractivity contribution < 1.29 is 4.74 Å². The lowest BCUT2D eigenvalue weighted by molar-refractivity contribution is 0.306. The van der Waals surface area contributed by atoms with E-state index < -0.39 is 0 Å². The molecular weight excluding hydrogens is 352 g/mol. The molecule has 0 atom stereocenters. The Bertz CT molecular complexity index is 864. The summed E-state index contributed by atoms with van der Waals surface area (Å²) in [5.41, 5.74) is 8.55. The minimum Gasteiger partial charge on any atom is -0.491 e. The van der Waals surface area contributed by atoms with Gasteiger partial charge in [0.15, 0.2) is 5.84 Å². The molecule has 2 aliphatic rings. The Kier molecular flexibility index (Phi) is 6.46. The number of nitrogens with one attached hydrogen (secondary N) is 1.